The van der Waals surface area contributed by atoms with Crippen molar-refractivity contribution >= 4 is 35.2 Å². The van der Waals surface area contributed by atoms with E-state index in [4.69, 9.17) is 22.1 Å². The van der Waals surface area contributed by atoms with Crippen LogP contribution in [0.5, 0.6) is 5.75 Å². The van der Waals surface area contributed by atoms with Gasteiger partial charge in [0.1, 0.15) is 5.75 Å². The quantitative estimate of drug-likeness (QED) is 0.419. The van der Waals surface area contributed by atoms with Gasteiger partial charge in [0.2, 0.25) is 0 Å². The van der Waals surface area contributed by atoms with Gasteiger partial charge < -0.3 is 15.2 Å². The molecule has 7 heteroatoms. The Bertz CT molecular complexity index is 806. The maximum absolute atomic E-state index is 10.6. The molecular formula is C18H19N3O3S. The molecule has 0 spiro atoms. The number of nitrogens with one attached hydrogen (secondary N) is 2. The Labute approximate surface area is 151 Å². The standard InChI is InChI=1S/C18H19N3O3S/c1-12-7-8-15(13(2)9-12)20-18(25)21-19-10-14-5-3-4-6-16(14)24-11-17(22)23/h3-10H,11H2,1-2H3,(H,22,23)(H2,20,21,25)/b19-10-. The van der Waals surface area contributed by atoms with Crippen molar-refractivity contribution in [1.29, 1.82) is 0 Å². The molecule has 130 valence electrons. The zero-order valence-electron chi connectivity index (χ0n) is 13.9. The lowest BCUT2D eigenvalue weighted by atomic mass is 10.1. The monoisotopic (exact) mass is 357 g/mol. The predicted octanol–water partition coefficient (Wildman–Crippen LogP) is 3.09. The molecule has 0 amide bonds. The number of ether oxygens (including phenoxy) is 1. The van der Waals surface area contributed by atoms with Crippen molar-refractivity contribution in [1.82, 2.24) is 5.43 Å². The third-order valence-electron chi connectivity index (χ3n) is 3.27. The van der Waals surface area contributed by atoms with Crippen LogP contribution in [0.25, 0.3) is 0 Å². The summed E-state index contributed by atoms with van der Waals surface area (Å²) in [4.78, 5) is 10.6. The molecule has 0 atom stereocenters. The molecule has 6 nitrogen and oxygen atoms in total. The third kappa shape index (κ3) is 5.89. The van der Waals surface area contributed by atoms with Gasteiger partial charge in [0.25, 0.3) is 0 Å². The summed E-state index contributed by atoms with van der Waals surface area (Å²) in [6.45, 7) is 3.61. The van der Waals surface area contributed by atoms with E-state index in [-0.39, 0.29) is 0 Å². The Kier molecular flexibility index (Phi) is 6.47. The van der Waals surface area contributed by atoms with Crippen LogP contribution in [0.3, 0.4) is 0 Å². The van der Waals surface area contributed by atoms with Gasteiger partial charge in [-0.25, -0.2) is 4.79 Å². The lowest BCUT2D eigenvalue weighted by molar-refractivity contribution is -0.139. The molecule has 0 bridgehead atoms. The molecule has 0 radical (unpaired) electrons. The first-order valence-electron chi connectivity index (χ1n) is 7.56. The molecule has 3 N–H and O–H groups in total. The van der Waals surface area contributed by atoms with Crippen LogP contribution in [0.4, 0.5) is 5.69 Å². The van der Waals surface area contributed by atoms with E-state index in [1.165, 1.54) is 11.8 Å². The van der Waals surface area contributed by atoms with Crippen molar-refractivity contribution in [2.75, 3.05) is 11.9 Å². The number of hydrogen-bond acceptors (Lipinski definition) is 4. The molecule has 2 aromatic rings. The number of thiocarbonyl (C=S) groups is 1. The fourth-order valence-corrected chi connectivity index (χ4v) is 2.29. The van der Waals surface area contributed by atoms with Crippen molar-refractivity contribution in [3.63, 3.8) is 0 Å². The van der Waals surface area contributed by atoms with Crippen LogP contribution in [-0.4, -0.2) is 29.0 Å². The van der Waals surface area contributed by atoms with Crippen LogP contribution in [0.15, 0.2) is 47.6 Å². The van der Waals surface area contributed by atoms with Crippen molar-refractivity contribution < 1.29 is 14.6 Å². The zero-order valence-corrected chi connectivity index (χ0v) is 14.8. The Hall–Kier alpha value is -2.93. The smallest absolute Gasteiger partial charge is 0.341 e. The maximum Gasteiger partial charge on any atom is 0.341 e. The van der Waals surface area contributed by atoms with Gasteiger partial charge in [-0.1, -0.05) is 29.8 Å². The first-order valence-corrected chi connectivity index (χ1v) is 7.97. The van der Waals surface area contributed by atoms with E-state index in [2.05, 4.69) is 21.9 Å². The molecule has 0 fully saturated rings. The molecule has 2 aromatic carbocycles. The molecule has 25 heavy (non-hydrogen) atoms. The fourth-order valence-electron chi connectivity index (χ4n) is 2.12. The summed E-state index contributed by atoms with van der Waals surface area (Å²) in [7, 11) is 0. The molecule has 0 unspecified atom stereocenters. The first-order chi connectivity index (χ1) is 12.0. The van der Waals surface area contributed by atoms with Crippen LogP contribution in [0.2, 0.25) is 0 Å². The van der Waals surface area contributed by atoms with Gasteiger partial charge in [0.15, 0.2) is 11.7 Å². The molecule has 2 rings (SSSR count). The number of hydrogen-bond donors (Lipinski definition) is 3. The summed E-state index contributed by atoms with van der Waals surface area (Å²) in [5.74, 6) is -0.604. The first kappa shape index (κ1) is 18.4. The Morgan fingerprint density at radius 3 is 2.76 bits per heavy atom. The molecule has 0 aliphatic heterocycles. The minimum absolute atomic E-state index is 0.354. The number of hydrazone groups is 1. The van der Waals surface area contributed by atoms with Crippen molar-refractivity contribution in [2.24, 2.45) is 5.10 Å². The van der Waals surface area contributed by atoms with Crippen LogP contribution >= 0.6 is 12.2 Å². The van der Waals surface area contributed by atoms with E-state index in [0.717, 1.165) is 11.3 Å². The molecular weight excluding hydrogens is 338 g/mol. The summed E-state index contributed by atoms with van der Waals surface area (Å²) in [6, 6.07) is 13.0. The molecule has 0 heterocycles. The number of carbonyl (C=O) groups is 1. The average Bonchev–Trinajstić information content (AvgIpc) is 2.56. The second-order valence-corrected chi connectivity index (χ2v) is 5.77. The van der Waals surface area contributed by atoms with Crippen molar-refractivity contribution in [3.8, 4) is 5.75 Å². The van der Waals surface area contributed by atoms with Gasteiger partial charge in [0, 0.05) is 11.3 Å². The predicted molar refractivity (Wildman–Crippen MR) is 102 cm³/mol. The van der Waals surface area contributed by atoms with E-state index in [1.54, 1.807) is 24.3 Å². The summed E-state index contributed by atoms with van der Waals surface area (Å²) in [5, 5.41) is 16.2. The van der Waals surface area contributed by atoms with Gasteiger partial charge in [-0.15, -0.1) is 0 Å². The molecule has 0 saturated carbocycles. The Balaban J connectivity index is 1.96. The third-order valence-corrected chi connectivity index (χ3v) is 3.46. The van der Waals surface area contributed by atoms with Crippen molar-refractivity contribution in [2.45, 2.75) is 13.8 Å². The second kappa shape index (κ2) is 8.79. The average molecular weight is 357 g/mol. The summed E-state index contributed by atoms with van der Waals surface area (Å²) in [5.41, 5.74) is 6.54. The molecule has 0 aliphatic rings. The maximum atomic E-state index is 10.6. The molecule has 0 saturated heterocycles. The Morgan fingerprint density at radius 2 is 2.04 bits per heavy atom. The number of carboxylic acids is 1. The minimum atomic E-state index is -1.04. The normalized spacial score (nSPS) is 10.5. The lowest BCUT2D eigenvalue weighted by Gasteiger charge is -2.10. The SMILES string of the molecule is Cc1ccc(NC(=S)N/N=C\c2ccccc2OCC(=O)O)c(C)c1. The van der Waals surface area contributed by atoms with Crippen LogP contribution in [0, 0.1) is 13.8 Å². The van der Waals surface area contributed by atoms with E-state index < -0.39 is 12.6 Å². The number of aliphatic carboxylic acids is 1. The number of para-hydroxylation sites is 1. The van der Waals surface area contributed by atoms with Crippen LogP contribution in [0.1, 0.15) is 16.7 Å². The van der Waals surface area contributed by atoms with Crippen LogP contribution < -0.4 is 15.5 Å². The van der Waals surface area contributed by atoms with E-state index in [9.17, 15) is 4.79 Å². The summed E-state index contributed by atoms with van der Waals surface area (Å²) in [6.07, 6.45) is 1.52. The minimum Gasteiger partial charge on any atom is -0.481 e. The highest BCUT2D eigenvalue weighted by Crippen LogP contribution is 2.16. The second-order valence-electron chi connectivity index (χ2n) is 5.36. The number of carboxylic acid groups (broad SMARTS) is 1. The highest BCUT2D eigenvalue weighted by Gasteiger charge is 2.04. The van der Waals surface area contributed by atoms with Gasteiger partial charge in [-0.2, -0.15) is 5.10 Å². The molecule has 0 aromatic heterocycles. The van der Waals surface area contributed by atoms with Gasteiger partial charge >= 0.3 is 5.97 Å². The van der Waals surface area contributed by atoms with Gasteiger partial charge in [-0.05, 0) is 49.8 Å². The lowest BCUT2D eigenvalue weighted by Crippen LogP contribution is -2.24. The van der Waals surface area contributed by atoms with Crippen molar-refractivity contribution in [3.05, 3.63) is 59.2 Å². The Morgan fingerprint density at radius 1 is 1.28 bits per heavy atom. The van der Waals surface area contributed by atoms with E-state index >= 15 is 0 Å². The highest BCUT2D eigenvalue weighted by molar-refractivity contribution is 7.80. The number of anilines is 1. The number of aryl methyl sites for hydroxylation is 2. The summed E-state index contributed by atoms with van der Waals surface area (Å²) >= 11 is 5.22. The van der Waals surface area contributed by atoms with E-state index in [1.807, 2.05) is 26.0 Å². The topological polar surface area (TPSA) is 83.0 Å². The molecule has 0 aliphatic carbocycles. The number of nitrogens with zero attached hydrogens (tertiary/aromatic N) is 1. The van der Waals surface area contributed by atoms with E-state index in [0.29, 0.717) is 16.4 Å². The number of rotatable bonds is 6. The largest absolute Gasteiger partial charge is 0.481 e. The number of benzene rings is 2. The fraction of sp³-hybridized carbons (Fsp3) is 0.167. The zero-order chi connectivity index (χ0) is 18.2. The summed E-state index contributed by atoms with van der Waals surface area (Å²) < 4.78 is 5.21. The van der Waals surface area contributed by atoms with Crippen LogP contribution in [-0.2, 0) is 4.79 Å². The van der Waals surface area contributed by atoms with Gasteiger partial charge in [0.05, 0.1) is 6.21 Å². The van der Waals surface area contributed by atoms with Gasteiger partial charge in [-0.3, -0.25) is 5.43 Å². The highest BCUT2D eigenvalue weighted by atomic mass is 32.1.